The Kier molecular flexibility index (Phi) is 5.65. The Morgan fingerprint density at radius 1 is 0.970 bits per heavy atom. The maximum atomic E-state index is 13.6. The molecule has 2 heterocycles. The van der Waals surface area contributed by atoms with Crippen LogP contribution in [0.2, 0.25) is 0 Å². The second kappa shape index (κ2) is 8.62. The van der Waals surface area contributed by atoms with Crippen molar-refractivity contribution in [2.45, 2.75) is 71.1 Å². The molecule has 5 nitrogen and oxygen atoms in total. The van der Waals surface area contributed by atoms with Crippen LogP contribution in [0, 0.1) is 20.8 Å². The first-order chi connectivity index (χ1) is 15.9. The molecule has 2 aromatic carbocycles. The van der Waals surface area contributed by atoms with Crippen LogP contribution in [-0.2, 0) is 4.79 Å². The summed E-state index contributed by atoms with van der Waals surface area (Å²) in [7, 11) is 0. The summed E-state index contributed by atoms with van der Waals surface area (Å²) in [5.41, 5.74) is 6.83. The van der Waals surface area contributed by atoms with Crippen molar-refractivity contribution in [3.63, 3.8) is 0 Å². The second-order valence-corrected chi connectivity index (χ2v) is 9.65. The summed E-state index contributed by atoms with van der Waals surface area (Å²) >= 11 is 0. The van der Waals surface area contributed by atoms with Crippen molar-refractivity contribution in [2.75, 3.05) is 5.32 Å². The summed E-state index contributed by atoms with van der Waals surface area (Å²) in [6.45, 7) is 6.04. The third kappa shape index (κ3) is 4.01. The summed E-state index contributed by atoms with van der Waals surface area (Å²) in [6.07, 6.45) is 6.51. The van der Waals surface area contributed by atoms with Crippen LogP contribution in [0.25, 0.3) is 5.69 Å². The molecule has 33 heavy (non-hydrogen) atoms. The molecule has 1 unspecified atom stereocenters. The average molecular weight is 442 g/mol. The zero-order valence-corrected chi connectivity index (χ0v) is 19.6. The van der Waals surface area contributed by atoms with Gasteiger partial charge in [0.05, 0.1) is 17.3 Å². The molecule has 170 valence electrons. The number of aromatic nitrogens is 2. The van der Waals surface area contributed by atoms with Gasteiger partial charge in [0.15, 0.2) is 5.78 Å². The number of nitrogens with zero attached hydrogens (tertiary/aromatic N) is 2. The number of aryl methyl sites for hydroxylation is 3. The Hall–Kier alpha value is -3.21. The first-order valence-electron chi connectivity index (χ1n) is 12.0. The number of rotatable bonds is 4. The predicted octanol–water partition coefficient (Wildman–Crippen LogP) is 6.15. The zero-order valence-electron chi connectivity index (χ0n) is 19.6. The van der Waals surface area contributed by atoms with E-state index in [1.54, 1.807) is 4.68 Å². The lowest BCUT2D eigenvalue weighted by molar-refractivity contribution is -0.116. The fourth-order valence-electron chi connectivity index (χ4n) is 5.37. The van der Waals surface area contributed by atoms with E-state index in [0.717, 1.165) is 22.5 Å². The highest BCUT2D eigenvalue weighted by molar-refractivity contribution is 6.08. The van der Waals surface area contributed by atoms with Crippen molar-refractivity contribution in [3.8, 4) is 5.69 Å². The van der Waals surface area contributed by atoms with Crippen molar-refractivity contribution >= 4 is 17.5 Å². The molecule has 1 aliphatic carbocycles. The Bertz CT molecular complexity index is 1220. The van der Waals surface area contributed by atoms with E-state index < -0.39 is 5.92 Å². The molecule has 0 radical (unpaired) electrons. The van der Waals surface area contributed by atoms with Crippen LogP contribution < -0.4 is 5.32 Å². The molecule has 5 heteroatoms. The van der Waals surface area contributed by atoms with E-state index in [9.17, 15) is 9.59 Å². The van der Waals surface area contributed by atoms with Gasteiger partial charge in [0.25, 0.3) is 0 Å². The minimum Gasteiger partial charge on any atom is -0.310 e. The number of anilines is 1. The number of hydrogen-bond donors (Lipinski definition) is 1. The van der Waals surface area contributed by atoms with E-state index in [1.807, 2.05) is 25.1 Å². The van der Waals surface area contributed by atoms with Gasteiger partial charge in [0.2, 0.25) is 5.91 Å². The molecule has 1 fully saturated rings. The summed E-state index contributed by atoms with van der Waals surface area (Å²) < 4.78 is 1.76. The number of benzene rings is 2. The molecule has 1 aromatic heterocycles. The number of Topliss-reactive ketones (excluding diaryl/α,β-unsaturated/α-hetero) is 1. The Labute approximate surface area is 195 Å². The molecule has 2 aliphatic rings. The van der Waals surface area contributed by atoms with Gasteiger partial charge in [0.1, 0.15) is 5.82 Å². The van der Waals surface area contributed by atoms with Crippen LogP contribution >= 0.6 is 0 Å². The summed E-state index contributed by atoms with van der Waals surface area (Å²) in [5.74, 6) is 0.542. The minimum atomic E-state index is -0.519. The van der Waals surface area contributed by atoms with E-state index in [-0.39, 0.29) is 18.1 Å². The van der Waals surface area contributed by atoms with Gasteiger partial charge in [-0.05, 0) is 68.4 Å². The molecule has 1 atom stereocenters. The van der Waals surface area contributed by atoms with Gasteiger partial charge in [-0.15, -0.1) is 0 Å². The van der Waals surface area contributed by atoms with Gasteiger partial charge in [-0.25, -0.2) is 4.68 Å². The van der Waals surface area contributed by atoms with Gasteiger partial charge in [-0.1, -0.05) is 49.6 Å². The standard InChI is InChI=1S/C28H31N3O2/c1-17-9-14-23(15-18(17)2)31-28-26(19(3)30-31)24(16-25(32)29-28)27(33)22-12-10-21(11-13-22)20-7-5-4-6-8-20/h9-15,20,24H,4-8,16H2,1-3H3,(H,29,32). The normalized spacial score (nSPS) is 18.6. The smallest absolute Gasteiger partial charge is 0.226 e. The lowest BCUT2D eigenvalue weighted by atomic mass is 9.82. The maximum Gasteiger partial charge on any atom is 0.226 e. The van der Waals surface area contributed by atoms with Gasteiger partial charge in [-0.3, -0.25) is 9.59 Å². The van der Waals surface area contributed by atoms with Crippen molar-refractivity contribution < 1.29 is 9.59 Å². The second-order valence-electron chi connectivity index (χ2n) is 9.65. The molecule has 1 aliphatic heterocycles. The highest BCUT2D eigenvalue weighted by atomic mass is 16.2. The SMILES string of the molecule is Cc1ccc(-n2nc(C)c3c2NC(=O)CC3C(=O)c2ccc(C3CCCCC3)cc2)cc1C. The van der Waals surface area contributed by atoms with Gasteiger partial charge in [0, 0.05) is 17.5 Å². The van der Waals surface area contributed by atoms with Gasteiger partial charge in [-0.2, -0.15) is 5.10 Å². The Morgan fingerprint density at radius 2 is 1.70 bits per heavy atom. The lowest BCUT2D eigenvalue weighted by Crippen LogP contribution is -2.28. The van der Waals surface area contributed by atoms with Crippen molar-refractivity contribution in [1.82, 2.24) is 9.78 Å². The van der Waals surface area contributed by atoms with Crippen LogP contribution in [-0.4, -0.2) is 21.5 Å². The summed E-state index contributed by atoms with van der Waals surface area (Å²) in [5, 5.41) is 7.70. The number of nitrogens with one attached hydrogen (secondary N) is 1. The third-order valence-electron chi connectivity index (χ3n) is 7.43. The number of carbonyl (C=O) groups is 2. The number of ketones is 1. The highest BCUT2D eigenvalue weighted by Crippen LogP contribution is 2.39. The number of carbonyl (C=O) groups excluding carboxylic acids is 2. The van der Waals surface area contributed by atoms with E-state index in [0.29, 0.717) is 17.3 Å². The topological polar surface area (TPSA) is 64.0 Å². The average Bonchev–Trinajstić information content (AvgIpc) is 3.16. The first kappa shape index (κ1) is 21.6. The van der Waals surface area contributed by atoms with E-state index >= 15 is 0 Å². The van der Waals surface area contributed by atoms with E-state index in [4.69, 9.17) is 5.10 Å². The largest absolute Gasteiger partial charge is 0.310 e. The quantitative estimate of drug-likeness (QED) is 0.494. The summed E-state index contributed by atoms with van der Waals surface area (Å²) in [6, 6.07) is 14.2. The van der Waals surface area contributed by atoms with Gasteiger partial charge >= 0.3 is 0 Å². The predicted molar refractivity (Wildman–Crippen MR) is 130 cm³/mol. The molecule has 0 spiro atoms. The molecule has 1 saturated carbocycles. The highest BCUT2D eigenvalue weighted by Gasteiger charge is 2.36. The third-order valence-corrected chi connectivity index (χ3v) is 7.43. The van der Waals surface area contributed by atoms with Gasteiger partial charge < -0.3 is 5.32 Å². The molecule has 3 aromatic rings. The van der Waals surface area contributed by atoms with Crippen molar-refractivity contribution in [2.24, 2.45) is 0 Å². The number of fused-ring (bicyclic) bond motifs is 1. The lowest BCUT2D eigenvalue weighted by Gasteiger charge is -2.24. The van der Waals surface area contributed by atoms with E-state index in [1.165, 1.54) is 43.2 Å². The van der Waals surface area contributed by atoms with Crippen LogP contribution in [0.1, 0.15) is 88.7 Å². The molecule has 5 rings (SSSR count). The maximum absolute atomic E-state index is 13.6. The van der Waals surface area contributed by atoms with Crippen molar-refractivity contribution in [3.05, 3.63) is 76.0 Å². The monoisotopic (exact) mass is 441 g/mol. The van der Waals surface area contributed by atoms with E-state index in [2.05, 4.69) is 43.4 Å². The molecular formula is C28H31N3O2. The fraction of sp³-hybridized carbons (Fsp3) is 0.393. The molecule has 1 N–H and O–H groups in total. The van der Waals surface area contributed by atoms with Crippen LogP contribution in [0.15, 0.2) is 42.5 Å². The Morgan fingerprint density at radius 3 is 2.39 bits per heavy atom. The molecule has 1 amide bonds. The first-order valence-corrected chi connectivity index (χ1v) is 12.0. The van der Waals surface area contributed by atoms with Crippen LogP contribution in [0.3, 0.4) is 0 Å². The number of hydrogen-bond acceptors (Lipinski definition) is 3. The fourth-order valence-corrected chi connectivity index (χ4v) is 5.37. The van der Waals surface area contributed by atoms with Crippen LogP contribution in [0.5, 0.6) is 0 Å². The molecule has 0 saturated heterocycles. The van der Waals surface area contributed by atoms with Crippen LogP contribution in [0.4, 0.5) is 5.82 Å². The summed E-state index contributed by atoms with van der Waals surface area (Å²) in [4.78, 5) is 26.2. The minimum absolute atomic E-state index is 0.0102. The molecule has 0 bridgehead atoms. The molecular weight excluding hydrogens is 410 g/mol. The number of amides is 1. The Balaban J connectivity index is 1.48. The zero-order chi connectivity index (χ0) is 23.1. The van der Waals surface area contributed by atoms with Crippen molar-refractivity contribution in [1.29, 1.82) is 0 Å².